The molecule has 0 aromatic rings. The van der Waals surface area contributed by atoms with E-state index in [-0.39, 0.29) is 25.3 Å². The fourth-order valence-electron chi connectivity index (χ4n) is 2.69. The molecule has 0 saturated carbocycles. The number of aliphatic carboxylic acids is 1. The Labute approximate surface area is 192 Å². The van der Waals surface area contributed by atoms with E-state index in [4.69, 9.17) is 22.9 Å². The molecule has 0 aromatic carbocycles. The molecular formula is C19H38N8O6. The van der Waals surface area contributed by atoms with Crippen molar-refractivity contribution in [2.45, 2.75) is 76.2 Å². The lowest BCUT2D eigenvalue weighted by molar-refractivity contribution is -0.142. The number of nitrogens with one attached hydrogen (secondary N) is 3. The van der Waals surface area contributed by atoms with E-state index in [2.05, 4.69) is 20.9 Å². The first-order valence-corrected chi connectivity index (χ1v) is 10.7. The van der Waals surface area contributed by atoms with Crippen LogP contribution >= 0.6 is 0 Å². The van der Waals surface area contributed by atoms with Crippen LogP contribution in [-0.4, -0.2) is 83.2 Å². The van der Waals surface area contributed by atoms with Crippen LogP contribution in [0.15, 0.2) is 4.99 Å². The summed E-state index contributed by atoms with van der Waals surface area (Å²) in [4.78, 5) is 52.6. The Morgan fingerprint density at radius 2 is 1.45 bits per heavy atom. The van der Waals surface area contributed by atoms with Crippen molar-refractivity contribution in [3.63, 3.8) is 0 Å². The Morgan fingerprint density at radius 1 is 0.879 bits per heavy atom. The molecule has 0 rings (SSSR count). The number of nitrogens with two attached hydrogens (primary N) is 4. The van der Waals surface area contributed by atoms with Gasteiger partial charge in [0.1, 0.15) is 24.2 Å². The molecule has 0 bridgehead atoms. The lowest BCUT2D eigenvalue weighted by Crippen LogP contribution is -2.57. The number of hydrogen-bond donors (Lipinski definition) is 9. The van der Waals surface area contributed by atoms with Crippen LogP contribution in [0.1, 0.15) is 46.0 Å². The van der Waals surface area contributed by atoms with Crippen LogP contribution in [0.25, 0.3) is 0 Å². The number of nitrogens with zero attached hydrogens (tertiary/aromatic N) is 1. The first-order valence-electron chi connectivity index (χ1n) is 10.7. The largest absolute Gasteiger partial charge is 0.480 e. The maximum absolute atomic E-state index is 12.8. The van der Waals surface area contributed by atoms with Crippen LogP contribution in [0.5, 0.6) is 0 Å². The molecule has 5 atom stereocenters. The second-order valence-electron chi connectivity index (χ2n) is 7.69. The summed E-state index contributed by atoms with van der Waals surface area (Å²) in [6, 6.07) is -4.56. The standard InChI is InChI=1S/C19H38N8O6/c1-10(25-17(31)14(21)11(2)28)15(29)26-12(7-5-9-24-19(22)23)16(30)27-13(18(32)33)6-3-4-8-20/h10-14,28H,3-9,20-21H2,1-2H3,(H,25,31)(H,26,29)(H,27,30)(H,32,33)(H4,22,23,24). The van der Waals surface area contributed by atoms with Crippen LogP contribution in [-0.2, 0) is 19.2 Å². The van der Waals surface area contributed by atoms with Gasteiger partial charge in [0.15, 0.2) is 5.96 Å². The second-order valence-corrected chi connectivity index (χ2v) is 7.69. The highest BCUT2D eigenvalue weighted by Gasteiger charge is 2.29. The predicted octanol–water partition coefficient (Wildman–Crippen LogP) is -3.56. The molecule has 0 aliphatic carbocycles. The normalized spacial score (nSPS) is 15.3. The van der Waals surface area contributed by atoms with Crippen molar-refractivity contribution in [1.82, 2.24) is 16.0 Å². The summed E-state index contributed by atoms with van der Waals surface area (Å²) in [5.74, 6) is -3.48. The molecule has 0 aromatic heterocycles. The molecular weight excluding hydrogens is 436 g/mol. The van der Waals surface area contributed by atoms with E-state index in [1.807, 2.05) is 0 Å². The molecule has 14 nitrogen and oxygen atoms in total. The number of carboxylic acids is 1. The van der Waals surface area contributed by atoms with E-state index < -0.39 is 54.0 Å². The van der Waals surface area contributed by atoms with Gasteiger partial charge in [0.25, 0.3) is 0 Å². The lowest BCUT2D eigenvalue weighted by atomic mass is 10.1. The molecule has 0 heterocycles. The van der Waals surface area contributed by atoms with E-state index in [9.17, 15) is 29.4 Å². The number of aliphatic hydroxyl groups excluding tert-OH is 1. The third-order valence-corrected chi connectivity index (χ3v) is 4.71. The van der Waals surface area contributed by atoms with Gasteiger partial charge >= 0.3 is 5.97 Å². The number of carbonyl (C=O) groups excluding carboxylic acids is 3. The number of hydrogen-bond acceptors (Lipinski definition) is 8. The zero-order valence-corrected chi connectivity index (χ0v) is 19.1. The zero-order valence-electron chi connectivity index (χ0n) is 19.1. The fourth-order valence-corrected chi connectivity index (χ4v) is 2.69. The highest BCUT2D eigenvalue weighted by molar-refractivity contribution is 5.94. The molecule has 0 radical (unpaired) electrons. The molecule has 0 fully saturated rings. The topological polar surface area (TPSA) is 261 Å². The van der Waals surface area contributed by atoms with Crippen LogP contribution in [0.2, 0.25) is 0 Å². The van der Waals surface area contributed by atoms with Gasteiger partial charge in [-0.3, -0.25) is 19.4 Å². The van der Waals surface area contributed by atoms with Gasteiger partial charge in [-0.25, -0.2) is 4.79 Å². The third-order valence-electron chi connectivity index (χ3n) is 4.71. The second kappa shape index (κ2) is 15.8. The van der Waals surface area contributed by atoms with Gasteiger partial charge in [-0.15, -0.1) is 0 Å². The molecule has 0 saturated heterocycles. The maximum Gasteiger partial charge on any atom is 0.326 e. The lowest BCUT2D eigenvalue weighted by Gasteiger charge is -2.24. The van der Waals surface area contributed by atoms with E-state index in [0.29, 0.717) is 25.8 Å². The van der Waals surface area contributed by atoms with E-state index in [0.717, 1.165) is 0 Å². The molecule has 3 amide bonds. The molecule has 0 aliphatic heterocycles. The summed E-state index contributed by atoms with van der Waals surface area (Å²) in [5, 5.41) is 26.1. The summed E-state index contributed by atoms with van der Waals surface area (Å²) < 4.78 is 0. The molecule has 190 valence electrons. The summed E-state index contributed by atoms with van der Waals surface area (Å²) in [5.41, 5.74) is 21.5. The Balaban J connectivity index is 5.24. The van der Waals surface area contributed by atoms with Gasteiger partial charge in [0.2, 0.25) is 17.7 Å². The van der Waals surface area contributed by atoms with Gasteiger partial charge in [0.05, 0.1) is 6.10 Å². The van der Waals surface area contributed by atoms with Crippen LogP contribution in [0.4, 0.5) is 0 Å². The third kappa shape index (κ3) is 12.6. The Bertz CT molecular complexity index is 683. The average molecular weight is 475 g/mol. The van der Waals surface area contributed by atoms with Crippen LogP contribution < -0.4 is 38.9 Å². The number of guanidine groups is 1. The quantitative estimate of drug-likeness (QED) is 0.0603. The van der Waals surface area contributed by atoms with Crippen molar-refractivity contribution in [3.8, 4) is 0 Å². The van der Waals surface area contributed by atoms with Crippen LogP contribution in [0.3, 0.4) is 0 Å². The minimum Gasteiger partial charge on any atom is -0.480 e. The summed E-state index contributed by atoms with van der Waals surface area (Å²) >= 11 is 0. The van der Waals surface area contributed by atoms with Crippen LogP contribution in [0, 0.1) is 0 Å². The number of rotatable bonds is 16. The van der Waals surface area contributed by atoms with Gasteiger partial charge in [0, 0.05) is 6.54 Å². The SMILES string of the molecule is CC(NC(=O)C(N)C(C)O)C(=O)NC(CCCN=C(N)N)C(=O)NC(CCCCN)C(=O)O. The zero-order chi connectivity index (χ0) is 25.6. The number of aliphatic imine (C=N–C) groups is 1. The van der Waals surface area contributed by atoms with Gasteiger partial charge in [-0.2, -0.15) is 0 Å². The molecule has 14 heteroatoms. The molecule has 0 spiro atoms. The Morgan fingerprint density at radius 3 is 1.97 bits per heavy atom. The Kier molecular flexibility index (Phi) is 14.4. The number of carboxylic acid groups (broad SMARTS) is 1. The minimum absolute atomic E-state index is 0.108. The number of unbranched alkanes of at least 4 members (excludes halogenated alkanes) is 1. The smallest absolute Gasteiger partial charge is 0.326 e. The fraction of sp³-hybridized carbons (Fsp3) is 0.737. The van der Waals surface area contributed by atoms with Crippen molar-refractivity contribution < 1.29 is 29.4 Å². The van der Waals surface area contributed by atoms with Crippen molar-refractivity contribution in [3.05, 3.63) is 0 Å². The average Bonchev–Trinajstić information content (AvgIpc) is 2.73. The predicted molar refractivity (Wildman–Crippen MR) is 122 cm³/mol. The highest BCUT2D eigenvalue weighted by atomic mass is 16.4. The monoisotopic (exact) mass is 474 g/mol. The molecule has 13 N–H and O–H groups in total. The number of amides is 3. The summed E-state index contributed by atoms with van der Waals surface area (Å²) in [7, 11) is 0. The maximum atomic E-state index is 12.8. The summed E-state index contributed by atoms with van der Waals surface area (Å²) in [6.45, 7) is 3.30. The van der Waals surface area contributed by atoms with E-state index in [1.165, 1.54) is 13.8 Å². The first-order chi connectivity index (χ1) is 15.4. The van der Waals surface area contributed by atoms with Gasteiger partial charge in [-0.05, 0) is 52.5 Å². The molecule has 5 unspecified atom stereocenters. The highest BCUT2D eigenvalue weighted by Crippen LogP contribution is 2.05. The van der Waals surface area contributed by atoms with Crippen molar-refractivity contribution in [1.29, 1.82) is 0 Å². The van der Waals surface area contributed by atoms with E-state index in [1.54, 1.807) is 0 Å². The van der Waals surface area contributed by atoms with Crippen molar-refractivity contribution >= 4 is 29.7 Å². The van der Waals surface area contributed by atoms with E-state index >= 15 is 0 Å². The van der Waals surface area contributed by atoms with Crippen molar-refractivity contribution in [2.75, 3.05) is 13.1 Å². The molecule has 0 aliphatic rings. The first kappa shape index (κ1) is 30.0. The summed E-state index contributed by atoms with van der Waals surface area (Å²) in [6.07, 6.45) is 0.580. The van der Waals surface area contributed by atoms with Gasteiger partial charge < -0.3 is 49.1 Å². The Hall–Kier alpha value is -2.97. The minimum atomic E-state index is -1.23. The van der Waals surface area contributed by atoms with Gasteiger partial charge in [-0.1, -0.05) is 0 Å². The molecule has 33 heavy (non-hydrogen) atoms. The number of aliphatic hydroxyl groups is 1. The number of carbonyl (C=O) groups is 4. The van der Waals surface area contributed by atoms with Crippen molar-refractivity contribution in [2.24, 2.45) is 27.9 Å².